The number of aromatic amines is 1. The molecular formula is C20H23N5O. The predicted molar refractivity (Wildman–Crippen MR) is 101 cm³/mol. The lowest BCUT2D eigenvalue weighted by Gasteiger charge is -2.28. The van der Waals surface area contributed by atoms with Crippen LogP contribution in [0, 0.1) is 5.92 Å². The number of amides is 1. The maximum absolute atomic E-state index is 13.0. The van der Waals surface area contributed by atoms with Crippen LogP contribution in [0.5, 0.6) is 0 Å². The highest BCUT2D eigenvalue weighted by Crippen LogP contribution is 2.36. The van der Waals surface area contributed by atoms with E-state index in [1.165, 1.54) is 5.56 Å². The number of aromatic nitrogens is 3. The predicted octanol–water partition coefficient (Wildman–Crippen LogP) is 2.72. The third kappa shape index (κ3) is 2.97. The highest BCUT2D eigenvalue weighted by molar-refractivity contribution is 6.05. The minimum Gasteiger partial charge on any atom is -0.341 e. The minimum atomic E-state index is 0.0272. The normalized spacial score (nSPS) is 20.5. The maximum Gasteiger partial charge on any atom is 0.255 e. The van der Waals surface area contributed by atoms with Crippen molar-refractivity contribution in [2.45, 2.75) is 12.5 Å². The number of para-hydroxylation sites is 1. The molecule has 1 saturated heterocycles. The van der Waals surface area contributed by atoms with Crippen molar-refractivity contribution in [3.05, 3.63) is 60.0 Å². The molecule has 3 aromatic rings. The van der Waals surface area contributed by atoms with Crippen LogP contribution in [-0.2, 0) is 0 Å². The van der Waals surface area contributed by atoms with Crippen molar-refractivity contribution in [1.82, 2.24) is 25.0 Å². The van der Waals surface area contributed by atoms with Gasteiger partial charge in [-0.25, -0.2) is 0 Å². The Hall–Kier alpha value is -2.73. The number of nitrogens with one attached hydrogen (secondary N) is 1. The second kappa shape index (κ2) is 6.88. The summed E-state index contributed by atoms with van der Waals surface area (Å²) in [6.07, 6.45) is 6.55. The molecule has 26 heavy (non-hydrogen) atoms. The highest BCUT2D eigenvalue weighted by Gasteiger charge is 2.34. The van der Waals surface area contributed by atoms with Crippen LogP contribution < -0.4 is 0 Å². The van der Waals surface area contributed by atoms with Crippen LogP contribution in [0.25, 0.3) is 10.9 Å². The number of carbonyl (C=O) groups is 1. The van der Waals surface area contributed by atoms with Gasteiger partial charge in [0.25, 0.3) is 5.91 Å². The zero-order valence-corrected chi connectivity index (χ0v) is 15.1. The van der Waals surface area contributed by atoms with Gasteiger partial charge >= 0.3 is 0 Å². The Morgan fingerprint density at radius 1 is 1.31 bits per heavy atom. The molecule has 0 unspecified atom stereocenters. The quantitative estimate of drug-likeness (QED) is 0.786. The Balaban J connectivity index is 1.54. The number of nitrogens with zero attached hydrogens (tertiary/aromatic N) is 4. The van der Waals surface area contributed by atoms with E-state index in [2.05, 4.69) is 33.2 Å². The number of fused-ring (bicyclic) bond motifs is 1. The van der Waals surface area contributed by atoms with Gasteiger partial charge in [0, 0.05) is 37.4 Å². The number of pyridine rings is 1. The first-order valence-corrected chi connectivity index (χ1v) is 8.93. The molecule has 4 rings (SSSR count). The fourth-order valence-corrected chi connectivity index (χ4v) is 4.08. The van der Waals surface area contributed by atoms with E-state index < -0.39 is 0 Å². The Morgan fingerprint density at radius 3 is 3.00 bits per heavy atom. The molecule has 1 aliphatic heterocycles. The second-order valence-electron chi connectivity index (χ2n) is 7.09. The van der Waals surface area contributed by atoms with Gasteiger partial charge in [0.2, 0.25) is 0 Å². The number of rotatable bonds is 4. The minimum absolute atomic E-state index is 0.0272. The third-order valence-corrected chi connectivity index (χ3v) is 5.36. The smallest absolute Gasteiger partial charge is 0.255 e. The molecule has 0 bridgehead atoms. The van der Waals surface area contributed by atoms with E-state index in [0.717, 1.165) is 23.9 Å². The molecule has 1 aliphatic rings. The summed E-state index contributed by atoms with van der Waals surface area (Å²) in [6, 6.07) is 10.1. The number of hydrogen-bond donors (Lipinski definition) is 1. The number of hydrogen-bond acceptors (Lipinski definition) is 4. The van der Waals surface area contributed by atoms with E-state index >= 15 is 0 Å². The second-order valence-corrected chi connectivity index (χ2v) is 7.09. The summed E-state index contributed by atoms with van der Waals surface area (Å²) < 4.78 is 0. The van der Waals surface area contributed by atoms with E-state index in [-0.39, 0.29) is 5.91 Å². The Morgan fingerprint density at radius 2 is 2.19 bits per heavy atom. The zero-order valence-electron chi connectivity index (χ0n) is 15.1. The van der Waals surface area contributed by atoms with Gasteiger partial charge < -0.3 is 4.90 Å². The molecule has 0 saturated carbocycles. The Bertz CT molecular complexity index is 907. The molecule has 1 aromatic carbocycles. The largest absolute Gasteiger partial charge is 0.341 e. The van der Waals surface area contributed by atoms with Crippen molar-refractivity contribution >= 4 is 16.8 Å². The average molecular weight is 349 g/mol. The molecule has 134 valence electrons. The van der Waals surface area contributed by atoms with E-state index in [1.807, 2.05) is 42.4 Å². The van der Waals surface area contributed by atoms with Crippen molar-refractivity contribution in [2.75, 3.05) is 27.2 Å². The van der Waals surface area contributed by atoms with Gasteiger partial charge in [-0.2, -0.15) is 5.10 Å². The molecule has 1 fully saturated rings. The summed E-state index contributed by atoms with van der Waals surface area (Å²) in [7, 11) is 4.03. The standard InChI is InChI=1S/C20H23N5O/c1-24-10-8-16(19(24)15-6-4-9-21-11-15)13-25(2)20(26)17-7-3-5-14-12-22-23-18(14)17/h3-7,9,11-12,16,19H,8,10,13H2,1-2H3,(H,22,23)/t16-,19-/m0/s1. The Kier molecular flexibility index (Phi) is 4.42. The lowest BCUT2D eigenvalue weighted by atomic mass is 9.94. The molecule has 6 heteroatoms. The van der Waals surface area contributed by atoms with Gasteiger partial charge in [-0.15, -0.1) is 0 Å². The molecule has 2 atom stereocenters. The molecule has 0 spiro atoms. The number of H-pyrrole nitrogens is 1. The van der Waals surface area contributed by atoms with E-state index in [9.17, 15) is 4.79 Å². The summed E-state index contributed by atoms with van der Waals surface area (Å²) in [6.45, 7) is 1.75. The summed E-state index contributed by atoms with van der Waals surface area (Å²) in [5, 5.41) is 7.96. The lowest BCUT2D eigenvalue weighted by Crippen LogP contribution is -2.34. The topological polar surface area (TPSA) is 65.1 Å². The van der Waals surface area contributed by atoms with Gasteiger partial charge in [-0.05, 0) is 43.6 Å². The maximum atomic E-state index is 13.0. The van der Waals surface area contributed by atoms with Crippen molar-refractivity contribution in [2.24, 2.45) is 5.92 Å². The van der Waals surface area contributed by atoms with Crippen LogP contribution in [0.15, 0.2) is 48.9 Å². The van der Waals surface area contributed by atoms with Crippen LogP contribution in [-0.4, -0.2) is 58.1 Å². The summed E-state index contributed by atoms with van der Waals surface area (Å²) in [5.41, 5.74) is 2.69. The van der Waals surface area contributed by atoms with E-state index in [1.54, 1.807) is 12.4 Å². The van der Waals surface area contributed by atoms with Crippen molar-refractivity contribution < 1.29 is 4.79 Å². The van der Waals surface area contributed by atoms with Gasteiger partial charge in [-0.1, -0.05) is 18.2 Å². The molecule has 3 heterocycles. The van der Waals surface area contributed by atoms with E-state index in [4.69, 9.17) is 0 Å². The number of likely N-dealkylation sites (tertiary alicyclic amines) is 1. The van der Waals surface area contributed by atoms with Crippen molar-refractivity contribution in [3.63, 3.8) is 0 Å². The van der Waals surface area contributed by atoms with Gasteiger partial charge in [0.1, 0.15) is 0 Å². The fraction of sp³-hybridized carbons (Fsp3) is 0.350. The van der Waals surface area contributed by atoms with Gasteiger partial charge in [0.05, 0.1) is 17.3 Å². The zero-order chi connectivity index (χ0) is 18.1. The van der Waals surface area contributed by atoms with Crippen molar-refractivity contribution in [1.29, 1.82) is 0 Å². The van der Waals surface area contributed by atoms with Gasteiger partial charge in [0.15, 0.2) is 0 Å². The van der Waals surface area contributed by atoms with Crippen LogP contribution in [0.2, 0.25) is 0 Å². The molecule has 6 nitrogen and oxygen atoms in total. The molecule has 0 radical (unpaired) electrons. The molecular weight excluding hydrogens is 326 g/mol. The van der Waals surface area contributed by atoms with Crippen molar-refractivity contribution in [3.8, 4) is 0 Å². The first-order chi connectivity index (χ1) is 12.6. The first kappa shape index (κ1) is 16.7. The molecule has 1 N–H and O–H groups in total. The van der Waals surface area contributed by atoms with Crippen LogP contribution in [0.3, 0.4) is 0 Å². The van der Waals surface area contributed by atoms with E-state index in [0.29, 0.717) is 24.1 Å². The Labute approximate surface area is 152 Å². The lowest BCUT2D eigenvalue weighted by molar-refractivity contribution is 0.0762. The molecule has 2 aromatic heterocycles. The fourth-order valence-electron chi connectivity index (χ4n) is 4.08. The molecule has 0 aliphatic carbocycles. The third-order valence-electron chi connectivity index (χ3n) is 5.36. The monoisotopic (exact) mass is 349 g/mol. The van der Waals surface area contributed by atoms with Crippen LogP contribution in [0.1, 0.15) is 28.4 Å². The number of carbonyl (C=O) groups excluding carboxylic acids is 1. The van der Waals surface area contributed by atoms with Crippen LogP contribution >= 0.6 is 0 Å². The number of benzene rings is 1. The molecule has 1 amide bonds. The highest BCUT2D eigenvalue weighted by atomic mass is 16.2. The SMILES string of the molecule is CN(C[C@@H]1CCN(C)[C@H]1c1cccnc1)C(=O)c1cccc2cn[nH]c12. The van der Waals surface area contributed by atoms with Crippen LogP contribution in [0.4, 0.5) is 0 Å². The van der Waals surface area contributed by atoms with Gasteiger partial charge in [-0.3, -0.25) is 19.8 Å². The summed E-state index contributed by atoms with van der Waals surface area (Å²) in [5.74, 6) is 0.415. The summed E-state index contributed by atoms with van der Waals surface area (Å²) >= 11 is 0. The first-order valence-electron chi connectivity index (χ1n) is 8.93. The summed E-state index contributed by atoms with van der Waals surface area (Å²) in [4.78, 5) is 21.5. The average Bonchev–Trinajstić information content (AvgIpc) is 3.28.